The molecule has 0 saturated carbocycles. The number of ether oxygens (including phenoxy) is 1. The molecule has 0 radical (unpaired) electrons. The van der Waals surface area contributed by atoms with Gasteiger partial charge in [0.15, 0.2) is 11.6 Å². The Kier molecular flexibility index (Phi) is 6.81. The van der Waals surface area contributed by atoms with E-state index in [9.17, 15) is 9.59 Å². The highest BCUT2D eigenvalue weighted by atomic mass is 79.9. The Labute approximate surface area is 236 Å². The maximum absolute atomic E-state index is 13.8. The summed E-state index contributed by atoms with van der Waals surface area (Å²) < 4.78 is 8.31. The fraction of sp³-hybridized carbons (Fsp3) is 0.419. The summed E-state index contributed by atoms with van der Waals surface area (Å²) in [6, 6.07) is 14.0. The molecule has 0 unspecified atom stereocenters. The third-order valence-electron chi connectivity index (χ3n) is 7.77. The van der Waals surface area contributed by atoms with Crippen molar-refractivity contribution in [2.24, 2.45) is 10.8 Å². The number of hydrogen-bond donors (Lipinski definition) is 0. The molecule has 4 nitrogen and oxygen atoms in total. The van der Waals surface area contributed by atoms with E-state index < -0.39 is 5.92 Å². The van der Waals surface area contributed by atoms with Gasteiger partial charge in [-0.25, -0.2) is 0 Å². The monoisotopic (exact) mass is 625 g/mol. The molecule has 6 heteroatoms. The molecule has 0 N–H and O–H groups in total. The number of nitrogens with zero attached hydrogens (tertiary/aromatic N) is 1. The third kappa shape index (κ3) is 5.12. The standard InChI is InChI=1S/C31H33Br2NO3/c1-30(2)13-22-28(24(35)15-30)27(29-23(34(22)5)14-31(3,4)16-25(29)36)21-12-20(33)10-11-26(21)37-17-18-6-8-19(32)9-7-18/h6-12,27H,13-17H2,1-5H3. The fourth-order valence-electron chi connectivity index (χ4n) is 6.09. The summed E-state index contributed by atoms with van der Waals surface area (Å²) in [7, 11) is 2.04. The van der Waals surface area contributed by atoms with Gasteiger partial charge in [0, 0.05) is 62.9 Å². The van der Waals surface area contributed by atoms with Crippen LogP contribution in [0.25, 0.3) is 0 Å². The molecule has 1 heterocycles. The molecule has 0 amide bonds. The van der Waals surface area contributed by atoms with Crippen molar-refractivity contribution in [3.8, 4) is 5.75 Å². The van der Waals surface area contributed by atoms with Crippen molar-refractivity contribution in [2.75, 3.05) is 7.05 Å². The van der Waals surface area contributed by atoms with Gasteiger partial charge in [-0.2, -0.15) is 0 Å². The van der Waals surface area contributed by atoms with Crippen molar-refractivity contribution in [1.82, 2.24) is 4.90 Å². The molecular formula is C31H33Br2NO3. The molecule has 0 aromatic heterocycles. The first kappa shape index (κ1) is 26.4. The lowest BCUT2D eigenvalue weighted by molar-refractivity contribution is -0.119. The van der Waals surface area contributed by atoms with E-state index in [1.54, 1.807) is 0 Å². The molecule has 5 rings (SSSR count). The predicted octanol–water partition coefficient (Wildman–Crippen LogP) is 8.11. The van der Waals surface area contributed by atoms with Crippen molar-refractivity contribution < 1.29 is 14.3 Å². The van der Waals surface area contributed by atoms with Crippen LogP contribution in [-0.4, -0.2) is 23.5 Å². The highest BCUT2D eigenvalue weighted by Gasteiger charge is 2.48. The van der Waals surface area contributed by atoms with Crippen molar-refractivity contribution in [3.05, 3.63) is 85.1 Å². The van der Waals surface area contributed by atoms with Crippen LogP contribution >= 0.6 is 31.9 Å². The van der Waals surface area contributed by atoms with E-state index in [2.05, 4.69) is 64.5 Å². The zero-order valence-corrected chi connectivity index (χ0v) is 25.3. The van der Waals surface area contributed by atoms with Gasteiger partial charge in [0.25, 0.3) is 0 Å². The van der Waals surface area contributed by atoms with Gasteiger partial charge in [0.1, 0.15) is 12.4 Å². The van der Waals surface area contributed by atoms with Gasteiger partial charge in [-0.05, 0) is 59.6 Å². The second-order valence-corrected chi connectivity index (χ2v) is 14.0. The van der Waals surface area contributed by atoms with Crippen LogP contribution in [0, 0.1) is 10.8 Å². The number of hydrogen-bond acceptors (Lipinski definition) is 4. The zero-order valence-electron chi connectivity index (χ0n) is 22.1. The minimum absolute atomic E-state index is 0.126. The van der Waals surface area contributed by atoms with E-state index in [-0.39, 0.29) is 22.4 Å². The quantitative estimate of drug-likeness (QED) is 0.344. The molecule has 194 valence electrons. The average Bonchev–Trinajstić information content (AvgIpc) is 2.79. The highest BCUT2D eigenvalue weighted by molar-refractivity contribution is 9.10. The molecule has 0 bridgehead atoms. The van der Waals surface area contributed by atoms with Gasteiger partial charge >= 0.3 is 0 Å². The van der Waals surface area contributed by atoms with E-state index >= 15 is 0 Å². The van der Waals surface area contributed by atoms with Crippen molar-refractivity contribution in [3.63, 3.8) is 0 Å². The minimum atomic E-state index is -0.425. The summed E-state index contributed by atoms with van der Waals surface area (Å²) in [5.74, 6) is 0.540. The summed E-state index contributed by atoms with van der Waals surface area (Å²) in [5.41, 5.74) is 5.30. The number of rotatable bonds is 4. The minimum Gasteiger partial charge on any atom is -0.489 e. The molecule has 0 saturated heterocycles. The SMILES string of the molecule is CN1C2=C(C(=O)CC(C)(C)C2)C(c2cc(Br)ccc2OCc2ccc(Br)cc2)C2=C1CC(C)(C)CC2=O. The summed E-state index contributed by atoms with van der Waals surface area (Å²) in [5, 5.41) is 0. The summed E-state index contributed by atoms with van der Waals surface area (Å²) in [6.07, 6.45) is 2.55. The molecule has 3 aliphatic rings. The number of Topliss-reactive ketones (excluding diaryl/α,β-unsaturated/α-hetero) is 2. The first-order chi connectivity index (χ1) is 17.3. The normalized spacial score (nSPS) is 21.2. The number of benzene rings is 2. The van der Waals surface area contributed by atoms with Crippen LogP contribution in [0.4, 0.5) is 0 Å². The Morgan fingerprint density at radius 2 is 1.32 bits per heavy atom. The second kappa shape index (κ2) is 9.53. The van der Waals surface area contributed by atoms with Gasteiger partial charge in [-0.15, -0.1) is 0 Å². The van der Waals surface area contributed by atoms with Crippen LogP contribution in [0.15, 0.2) is 74.0 Å². The number of halogens is 2. The topological polar surface area (TPSA) is 46.6 Å². The molecule has 2 aromatic carbocycles. The first-order valence-electron chi connectivity index (χ1n) is 12.8. The predicted molar refractivity (Wildman–Crippen MR) is 153 cm³/mol. The summed E-state index contributed by atoms with van der Waals surface area (Å²) in [4.78, 5) is 29.8. The molecule has 37 heavy (non-hydrogen) atoms. The van der Waals surface area contributed by atoms with Crippen molar-refractivity contribution in [2.45, 2.75) is 65.9 Å². The Morgan fingerprint density at radius 3 is 1.86 bits per heavy atom. The van der Waals surface area contributed by atoms with E-state index in [0.717, 1.165) is 55.5 Å². The van der Waals surface area contributed by atoms with Gasteiger partial charge in [-0.1, -0.05) is 71.7 Å². The highest BCUT2D eigenvalue weighted by Crippen LogP contribution is 2.55. The lowest BCUT2D eigenvalue weighted by Gasteiger charge is -2.48. The Hall–Kier alpha value is -2.18. The largest absolute Gasteiger partial charge is 0.489 e. The number of carbonyl (C=O) groups excluding carboxylic acids is 2. The van der Waals surface area contributed by atoms with Crippen LogP contribution in [0.2, 0.25) is 0 Å². The Morgan fingerprint density at radius 1 is 0.811 bits per heavy atom. The lowest BCUT2D eigenvalue weighted by atomic mass is 9.63. The van der Waals surface area contributed by atoms with Crippen molar-refractivity contribution >= 4 is 43.4 Å². The summed E-state index contributed by atoms with van der Waals surface area (Å²) in [6.45, 7) is 9.02. The van der Waals surface area contributed by atoms with Crippen LogP contribution in [0.5, 0.6) is 5.75 Å². The third-order valence-corrected chi connectivity index (χ3v) is 8.79. The van der Waals surface area contributed by atoms with E-state index in [4.69, 9.17) is 4.74 Å². The van der Waals surface area contributed by atoms with Crippen LogP contribution < -0.4 is 4.74 Å². The van der Waals surface area contributed by atoms with Gasteiger partial charge in [-0.3, -0.25) is 9.59 Å². The van der Waals surface area contributed by atoms with Crippen LogP contribution in [-0.2, 0) is 16.2 Å². The maximum atomic E-state index is 13.8. The van der Waals surface area contributed by atoms with Gasteiger partial charge in [0.05, 0.1) is 0 Å². The zero-order chi connectivity index (χ0) is 26.7. The van der Waals surface area contributed by atoms with Crippen molar-refractivity contribution in [1.29, 1.82) is 0 Å². The summed E-state index contributed by atoms with van der Waals surface area (Å²) >= 11 is 7.13. The molecule has 0 fully saturated rings. The lowest BCUT2D eigenvalue weighted by Crippen LogP contribution is -2.43. The van der Waals surface area contributed by atoms with E-state index in [0.29, 0.717) is 25.2 Å². The average molecular weight is 627 g/mol. The smallest absolute Gasteiger partial charge is 0.162 e. The molecule has 2 aliphatic carbocycles. The van der Waals surface area contributed by atoms with Crippen LogP contribution in [0.1, 0.15) is 70.4 Å². The molecule has 1 aliphatic heterocycles. The molecule has 0 atom stereocenters. The molecular weight excluding hydrogens is 594 g/mol. The number of allylic oxidation sites excluding steroid dienone is 4. The molecule has 2 aromatic rings. The number of ketones is 2. The Bertz CT molecular complexity index is 1300. The molecule has 0 spiro atoms. The maximum Gasteiger partial charge on any atom is 0.162 e. The first-order valence-corrected chi connectivity index (χ1v) is 14.4. The van der Waals surface area contributed by atoms with Crippen LogP contribution in [0.3, 0.4) is 0 Å². The van der Waals surface area contributed by atoms with Gasteiger partial charge < -0.3 is 9.64 Å². The number of carbonyl (C=O) groups is 2. The van der Waals surface area contributed by atoms with E-state index in [1.807, 2.05) is 49.5 Å². The second-order valence-electron chi connectivity index (χ2n) is 12.2. The van der Waals surface area contributed by atoms with Gasteiger partial charge in [0.2, 0.25) is 0 Å². The fourth-order valence-corrected chi connectivity index (χ4v) is 6.74. The van der Waals surface area contributed by atoms with E-state index in [1.165, 1.54) is 0 Å². The Balaban J connectivity index is 1.67.